The number of carbonyl (C=O) groups excluding carboxylic acids is 1. The monoisotopic (exact) mass is 351 g/mol. The molecule has 0 bridgehead atoms. The van der Waals surface area contributed by atoms with Gasteiger partial charge in [-0.25, -0.2) is 14.8 Å². The third-order valence-electron chi connectivity index (χ3n) is 3.67. The number of aliphatic hydroxyl groups is 1. The number of aromatic nitrogens is 2. The maximum Gasteiger partial charge on any atom is 0.348 e. The van der Waals surface area contributed by atoms with E-state index in [1.165, 1.54) is 11.3 Å². The van der Waals surface area contributed by atoms with E-state index in [4.69, 9.17) is 4.74 Å². The fourth-order valence-electron chi connectivity index (χ4n) is 2.49. The third kappa shape index (κ3) is 3.84. The van der Waals surface area contributed by atoms with Gasteiger partial charge in [0, 0.05) is 13.1 Å². The van der Waals surface area contributed by atoms with Crippen LogP contribution in [0.5, 0.6) is 0 Å². The third-order valence-corrected chi connectivity index (χ3v) is 4.83. The number of aryl methyl sites for hydroxylation is 2. The Kier molecular flexibility index (Phi) is 6.12. The fourth-order valence-corrected chi connectivity index (χ4v) is 3.60. The topological polar surface area (TPSA) is 75.5 Å². The molecular formula is C17H25N3O3S. The van der Waals surface area contributed by atoms with Crippen LogP contribution in [-0.4, -0.2) is 47.3 Å². The van der Waals surface area contributed by atoms with Crippen molar-refractivity contribution in [3.05, 3.63) is 16.3 Å². The average Bonchev–Trinajstić information content (AvgIpc) is 2.86. The van der Waals surface area contributed by atoms with E-state index in [1.54, 1.807) is 0 Å². The summed E-state index contributed by atoms with van der Waals surface area (Å²) >= 11 is 1.34. The second-order valence-electron chi connectivity index (χ2n) is 6.13. The number of anilines is 1. The first-order chi connectivity index (χ1) is 11.4. The Morgan fingerprint density at radius 3 is 2.62 bits per heavy atom. The Bertz CT molecular complexity index is 727. The van der Waals surface area contributed by atoms with Crippen LogP contribution in [0.15, 0.2) is 0 Å². The molecule has 0 aliphatic carbocycles. The molecule has 0 atom stereocenters. The van der Waals surface area contributed by atoms with E-state index in [2.05, 4.69) is 9.97 Å². The molecule has 132 valence electrons. The van der Waals surface area contributed by atoms with E-state index in [-0.39, 0.29) is 12.6 Å². The van der Waals surface area contributed by atoms with E-state index in [1.807, 2.05) is 39.5 Å². The van der Waals surface area contributed by atoms with Crippen LogP contribution < -0.4 is 4.90 Å². The van der Waals surface area contributed by atoms with Gasteiger partial charge in [0.1, 0.15) is 21.3 Å². The molecule has 2 aromatic rings. The summed E-state index contributed by atoms with van der Waals surface area (Å²) < 4.78 is 5.37. The van der Waals surface area contributed by atoms with Crippen molar-refractivity contribution in [1.82, 2.24) is 9.97 Å². The molecule has 0 fully saturated rings. The van der Waals surface area contributed by atoms with Gasteiger partial charge in [0.05, 0.1) is 18.6 Å². The number of hydrogen-bond acceptors (Lipinski definition) is 7. The molecule has 1 N–H and O–H groups in total. The normalized spacial score (nSPS) is 11.3. The summed E-state index contributed by atoms with van der Waals surface area (Å²) in [7, 11) is 0. The first-order valence-corrected chi connectivity index (χ1v) is 9.01. The molecule has 2 aromatic heterocycles. The summed E-state index contributed by atoms with van der Waals surface area (Å²) in [6, 6.07) is 0. The Balaban J connectivity index is 2.51. The van der Waals surface area contributed by atoms with E-state index in [9.17, 15) is 9.90 Å². The van der Waals surface area contributed by atoms with Gasteiger partial charge in [-0.2, -0.15) is 0 Å². The smallest absolute Gasteiger partial charge is 0.348 e. The van der Waals surface area contributed by atoms with Crippen LogP contribution in [0.2, 0.25) is 0 Å². The van der Waals surface area contributed by atoms with Gasteiger partial charge in [-0.15, -0.1) is 11.3 Å². The van der Waals surface area contributed by atoms with Crippen LogP contribution >= 0.6 is 11.3 Å². The number of aliphatic hydroxyl groups excluding tert-OH is 1. The molecule has 0 aromatic carbocycles. The van der Waals surface area contributed by atoms with Crippen molar-refractivity contribution in [3.63, 3.8) is 0 Å². The summed E-state index contributed by atoms with van der Waals surface area (Å²) in [6.07, 6.45) is 0. The van der Waals surface area contributed by atoms with Gasteiger partial charge in [-0.1, -0.05) is 13.8 Å². The molecule has 0 unspecified atom stereocenters. The average molecular weight is 351 g/mol. The second kappa shape index (κ2) is 7.90. The first-order valence-electron chi connectivity index (χ1n) is 8.19. The predicted octanol–water partition coefficient (Wildman–Crippen LogP) is 2.94. The highest BCUT2D eigenvalue weighted by molar-refractivity contribution is 7.20. The van der Waals surface area contributed by atoms with Crippen LogP contribution in [0.25, 0.3) is 10.2 Å². The van der Waals surface area contributed by atoms with Crippen molar-refractivity contribution in [1.29, 1.82) is 0 Å². The minimum absolute atomic E-state index is 0.0465. The summed E-state index contributed by atoms with van der Waals surface area (Å²) in [5.41, 5.74) is 0.843. The number of carbonyl (C=O) groups is 1. The zero-order valence-electron chi connectivity index (χ0n) is 14.9. The molecular weight excluding hydrogens is 326 g/mol. The lowest BCUT2D eigenvalue weighted by Crippen LogP contribution is -2.27. The molecule has 0 spiro atoms. The number of likely N-dealkylation sites (N-methyl/N-ethyl adjacent to an activating group) is 1. The summed E-state index contributed by atoms with van der Waals surface area (Å²) in [5, 5.41) is 10.2. The highest BCUT2D eigenvalue weighted by atomic mass is 32.1. The number of hydrogen-bond donors (Lipinski definition) is 1. The molecule has 0 radical (unpaired) electrons. The number of thiophene rings is 1. The highest BCUT2D eigenvalue weighted by Crippen LogP contribution is 2.35. The Hall–Kier alpha value is -1.73. The van der Waals surface area contributed by atoms with E-state index < -0.39 is 0 Å². The van der Waals surface area contributed by atoms with Gasteiger partial charge < -0.3 is 14.7 Å². The van der Waals surface area contributed by atoms with E-state index in [0.717, 1.165) is 21.6 Å². The number of nitrogens with zero attached hydrogens (tertiary/aromatic N) is 3. The van der Waals surface area contributed by atoms with Crippen LogP contribution in [-0.2, 0) is 4.74 Å². The van der Waals surface area contributed by atoms with E-state index >= 15 is 0 Å². The quantitative estimate of drug-likeness (QED) is 0.773. The predicted molar refractivity (Wildman–Crippen MR) is 97.0 cm³/mol. The van der Waals surface area contributed by atoms with Gasteiger partial charge in [0.15, 0.2) is 0 Å². The SMILES string of the molecule is CCN(CCO)c1nc(C)nc2sc(C(=O)OCC(C)C)c(C)c12. The first kappa shape index (κ1) is 18.6. The maximum atomic E-state index is 12.4. The second-order valence-corrected chi connectivity index (χ2v) is 7.13. The highest BCUT2D eigenvalue weighted by Gasteiger charge is 2.23. The lowest BCUT2D eigenvalue weighted by molar-refractivity contribution is 0.0464. The number of rotatable bonds is 7. The van der Waals surface area contributed by atoms with Gasteiger partial charge in [-0.3, -0.25) is 0 Å². The molecule has 0 saturated carbocycles. The molecule has 2 heterocycles. The van der Waals surface area contributed by atoms with Crippen molar-refractivity contribution < 1.29 is 14.6 Å². The molecule has 6 nitrogen and oxygen atoms in total. The minimum atomic E-state index is -0.307. The Morgan fingerprint density at radius 2 is 2.04 bits per heavy atom. The van der Waals surface area contributed by atoms with Crippen molar-refractivity contribution >= 4 is 33.3 Å². The number of ether oxygens (including phenoxy) is 1. The van der Waals surface area contributed by atoms with Gasteiger partial charge in [-0.05, 0) is 32.3 Å². The molecule has 0 saturated heterocycles. The van der Waals surface area contributed by atoms with Crippen molar-refractivity contribution in [2.75, 3.05) is 31.2 Å². The standard InChI is InChI=1S/C17H25N3O3S/c1-6-20(7-8-21)15-13-11(4)14(17(22)23-9-10(2)3)24-16(13)19-12(5)18-15/h10,21H,6-9H2,1-5H3. The summed E-state index contributed by atoms with van der Waals surface area (Å²) in [4.78, 5) is 24.8. The molecule has 2 rings (SSSR count). The number of esters is 1. The molecule has 0 aliphatic heterocycles. The maximum absolute atomic E-state index is 12.4. The van der Waals surface area contributed by atoms with Gasteiger partial charge in [0.25, 0.3) is 0 Å². The number of fused-ring (bicyclic) bond motifs is 1. The molecule has 0 amide bonds. The Labute approximate surface area is 146 Å². The zero-order chi connectivity index (χ0) is 17.9. The van der Waals surface area contributed by atoms with Crippen molar-refractivity contribution in [2.24, 2.45) is 5.92 Å². The minimum Gasteiger partial charge on any atom is -0.461 e. The summed E-state index contributed by atoms with van der Waals surface area (Å²) in [6.45, 7) is 11.4. The van der Waals surface area contributed by atoms with Gasteiger partial charge >= 0.3 is 5.97 Å². The van der Waals surface area contributed by atoms with Gasteiger partial charge in [0.2, 0.25) is 0 Å². The van der Waals surface area contributed by atoms with Crippen LogP contribution in [0, 0.1) is 19.8 Å². The van der Waals surface area contributed by atoms with E-state index in [0.29, 0.717) is 36.3 Å². The lowest BCUT2D eigenvalue weighted by Gasteiger charge is -2.22. The van der Waals surface area contributed by atoms with Crippen molar-refractivity contribution in [3.8, 4) is 0 Å². The molecule has 24 heavy (non-hydrogen) atoms. The lowest BCUT2D eigenvalue weighted by atomic mass is 10.2. The summed E-state index contributed by atoms with van der Waals surface area (Å²) in [5.74, 6) is 1.40. The van der Waals surface area contributed by atoms with Crippen molar-refractivity contribution in [2.45, 2.75) is 34.6 Å². The largest absolute Gasteiger partial charge is 0.461 e. The van der Waals surface area contributed by atoms with Crippen LogP contribution in [0.3, 0.4) is 0 Å². The fraction of sp³-hybridized carbons (Fsp3) is 0.588. The molecule has 0 aliphatic rings. The Morgan fingerprint density at radius 1 is 1.33 bits per heavy atom. The zero-order valence-corrected chi connectivity index (χ0v) is 15.7. The van der Waals surface area contributed by atoms with Crippen LogP contribution in [0.1, 0.15) is 41.8 Å². The molecule has 7 heteroatoms. The van der Waals surface area contributed by atoms with Crippen LogP contribution in [0.4, 0.5) is 5.82 Å².